The van der Waals surface area contributed by atoms with Gasteiger partial charge in [-0.15, -0.1) is 5.10 Å². The molecule has 2 rings (SSSR count). The van der Waals surface area contributed by atoms with Gasteiger partial charge in [0.15, 0.2) is 0 Å². The summed E-state index contributed by atoms with van der Waals surface area (Å²) in [5.74, 6) is 0.377. The van der Waals surface area contributed by atoms with Gasteiger partial charge < -0.3 is 0 Å². The average molecular weight is 331 g/mol. The highest BCUT2D eigenvalue weighted by atomic mass is 32.2. The summed E-state index contributed by atoms with van der Waals surface area (Å²) in [6.07, 6.45) is 0. The Kier molecular flexibility index (Phi) is 3.98. The number of hydrogen-bond donors (Lipinski definition) is 3. The number of sulfonamides is 2. The molecule has 21 heavy (non-hydrogen) atoms. The molecule has 1 heterocycles. The quantitative estimate of drug-likeness (QED) is 0.696. The highest BCUT2D eigenvalue weighted by Crippen LogP contribution is 2.16. The van der Waals surface area contributed by atoms with Gasteiger partial charge in [-0.2, -0.15) is 4.98 Å². The van der Waals surface area contributed by atoms with E-state index in [4.69, 9.17) is 0 Å². The van der Waals surface area contributed by atoms with Crippen LogP contribution in [0.3, 0.4) is 0 Å². The maximum Gasteiger partial charge on any atom is 0.264 e. The number of hydrogen-bond acceptors (Lipinski definition) is 6. The first-order valence-electron chi connectivity index (χ1n) is 5.70. The second kappa shape index (κ2) is 5.42. The molecule has 0 unspecified atom stereocenters. The molecule has 0 saturated heterocycles. The number of aromatic nitrogens is 3. The van der Waals surface area contributed by atoms with Gasteiger partial charge in [-0.25, -0.2) is 26.3 Å². The van der Waals surface area contributed by atoms with Crippen LogP contribution in [0.4, 0.5) is 5.95 Å². The maximum atomic E-state index is 12.1. The summed E-state index contributed by atoms with van der Waals surface area (Å²) in [5, 5.41) is 6.17. The predicted molar refractivity (Wildman–Crippen MR) is 74.6 cm³/mol. The number of aromatic amines is 1. The Balaban J connectivity index is 2.29. The van der Waals surface area contributed by atoms with Crippen molar-refractivity contribution >= 4 is 26.0 Å². The Morgan fingerprint density at radius 1 is 1.00 bits per heavy atom. The molecule has 0 aliphatic heterocycles. The van der Waals surface area contributed by atoms with Crippen LogP contribution in [-0.2, 0) is 20.0 Å². The zero-order valence-electron chi connectivity index (χ0n) is 11.2. The van der Waals surface area contributed by atoms with E-state index in [9.17, 15) is 16.8 Å². The normalized spacial score (nSPS) is 12.3. The van der Waals surface area contributed by atoms with Gasteiger partial charge in [0.05, 0.1) is 9.79 Å². The molecule has 0 atom stereocenters. The van der Waals surface area contributed by atoms with E-state index in [1.807, 2.05) is 0 Å². The molecular formula is C10H13N5O4S2. The summed E-state index contributed by atoms with van der Waals surface area (Å²) in [6, 6.07) is 4.77. The van der Waals surface area contributed by atoms with Crippen molar-refractivity contribution in [2.45, 2.75) is 16.7 Å². The summed E-state index contributed by atoms with van der Waals surface area (Å²) in [4.78, 5) is 3.70. The second-order valence-corrected chi connectivity index (χ2v) is 7.60. The van der Waals surface area contributed by atoms with Crippen molar-refractivity contribution in [3.8, 4) is 0 Å². The monoisotopic (exact) mass is 331 g/mol. The lowest BCUT2D eigenvalue weighted by molar-refractivity contribution is 0.587. The Hall–Kier alpha value is -1.98. The topological polar surface area (TPSA) is 134 Å². The lowest BCUT2D eigenvalue weighted by Gasteiger charge is -2.06. The Morgan fingerprint density at radius 3 is 1.95 bits per heavy atom. The number of nitrogens with one attached hydrogen (secondary N) is 3. The minimum absolute atomic E-state index is 0.0299. The van der Waals surface area contributed by atoms with Gasteiger partial charge in [0.1, 0.15) is 5.82 Å². The molecule has 0 radical (unpaired) electrons. The zero-order chi connectivity index (χ0) is 15.7. The molecule has 0 aliphatic carbocycles. The molecule has 0 bridgehead atoms. The third kappa shape index (κ3) is 3.37. The molecule has 3 N–H and O–H groups in total. The van der Waals surface area contributed by atoms with E-state index < -0.39 is 20.0 Å². The van der Waals surface area contributed by atoms with Gasteiger partial charge in [-0.3, -0.25) is 5.10 Å². The summed E-state index contributed by atoms with van der Waals surface area (Å²) < 4.78 is 51.6. The number of H-pyrrole nitrogens is 1. The first-order valence-corrected chi connectivity index (χ1v) is 8.67. The summed E-state index contributed by atoms with van der Waals surface area (Å²) in [6.45, 7) is 1.63. The molecule has 11 heteroatoms. The molecule has 0 spiro atoms. The highest BCUT2D eigenvalue weighted by Gasteiger charge is 2.18. The van der Waals surface area contributed by atoms with E-state index in [1.165, 1.54) is 31.3 Å². The van der Waals surface area contributed by atoms with Crippen LogP contribution in [0.5, 0.6) is 0 Å². The minimum Gasteiger partial charge on any atom is -0.261 e. The Bertz CT molecular complexity index is 840. The fourth-order valence-corrected chi connectivity index (χ4v) is 3.16. The fraction of sp³-hybridized carbons (Fsp3) is 0.200. The van der Waals surface area contributed by atoms with Crippen molar-refractivity contribution in [1.29, 1.82) is 0 Å². The van der Waals surface area contributed by atoms with Crippen molar-refractivity contribution in [2.75, 3.05) is 11.8 Å². The van der Waals surface area contributed by atoms with E-state index >= 15 is 0 Å². The van der Waals surface area contributed by atoms with E-state index in [0.29, 0.717) is 5.82 Å². The second-order valence-electron chi connectivity index (χ2n) is 4.03. The summed E-state index contributed by atoms with van der Waals surface area (Å²) >= 11 is 0. The molecular weight excluding hydrogens is 318 g/mol. The zero-order valence-corrected chi connectivity index (χ0v) is 12.8. The molecule has 114 valence electrons. The van der Waals surface area contributed by atoms with Gasteiger partial charge in [-0.1, -0.05) is 0 Å². The highest BCUT2D eigenvalue weighted by molar-refractivity contribution is 7.92. The van der Waals surface area contributed by atoms with Crippen LogP contribution in [0.1, 0.15) is 5.82 Å². The molecule has 0 fully saturated rings. The first kappa shape index (κ1) is 15.4. The van der Waals surface area contributed by atoms with Crippen molar-refractivity contribution in [2.24, 2.45) is 0 Å². The third-order valence-electron chi connectivity index (χ3n) is 2.54. The van der Waals surface area contributed by atoms with E-state index in [0.717, 1.165) is 0 Å². The number of nitrogens with zero attached hydrogens (tertiary/aromatic N) is 2. The molecule has 1 aromatic carbocycles. The largest absolute Gasteiger partial charge is 0.264 e. The number of anilines is 1. The fourth-order valence-electron chi connectivity index (χ4n) is 1.48. The van der Waals surface area contributed by atoms with Gasteiger partial charge in [-0.05, 0) is 38.2 Å². The molecule has 2 aromatic rings. The molecule has 0 saturated carbocycles. The molecule has 1 aromatic heterocycles. The summed E-state index contributed by atoms with van der Waals surface area (Å²) in [5.41, 5.74) is 0. The average Bonchev–Trinajstić information content (AvgIpc) is 2.83. The smallest absolute Gasteiger partial charge is 0.261 e. The Labute approximate surface area is 121 Å². The standard InChI is InChI=1S/C10H13N5O4S2/c1-7-12-10(14-13-7)15-21(18,19)9-5-3-8(4-6-9)20(16,17)11-2/h3-6,11H,1-2H3,(H2,12,13,14,15). The van der Waals surface area contributed by atoms with Crippen LogP contribution >= 0.6 is 0 Å². The van der Waals surface area contributed by atoms with Crippen LogP contribution in [0, 0.1) is 6.92 Å². The Morgan fingerprint density at radius 2 is 1.52 bits per heavy atom. The van der Waals surface area contributed by atoms with Crippen molar-refractivity contribution < 1.29 is 16.8 Å². The van der Waals surface area contributed by atoms with Crippen molar-refractivity contribution in [3.05, 3.63) is 30.1 Å². The molecule has 9 nitrogen and oxygen atoms in total. The lowest BCUT2D eigenvalue weighted by Crippen LogP contribution is -2.19. The first-order chi connectivity index (χ1) is 9.74. The SMILES string of the molecule is CNS(=O)(=O)c1ccc(S(=O)(=O)Nc2n[nH]c(C)n2)cc1. The van der Waals surface area contributed by atoms with Crippen LogP contribution in [0.25, 0.3) is 0 Å². The predicted octanol–water partition coefficient (Wildman–Crippen LogP) is -0.178. The maximum absolute atomic E-state index is 12.1. The number of benzene rings is 1. The molecule has 0 amide bonds. The third-order valence-corrected chi connectivity index (χ3v) is 5.31. The molecule has 0 aliphatic rings. The van der Waals surface area contributed by atoms with Crippen molar-refractivity contribution in [3.63, 3.8) is 0 Å². The lowest BCUT2D eigenvalue weighted by atomic mass is 10.4. The van der Waals surface area contributed by atoms with Gasteiger partial charge in [0.2, 0.25) is 10.0 Å². The van der Waals surface area contributed by atoms with E-state index in [2.05, 4.69) is 24.6 Å². The van der Waals surface area contributed by atoms with Gasteiger partial charge in [0, 0.05) is 0 Å². The van der Waals surface area contributed by atoms with Crippen LogP contribution < -0.4 is 9.44 Å². The van der Waals surface area contributed by atoms with Crippen molar-refractivity contribution in [1.82, 2.24) is 19.9 Å². The summed E-state index contributed by atoms with van der Waals surface area (Å²) in [7, 11) is -6.22. The van der Waals surface area contributed by atoms with E-state index in [-0.39, 0.29) is 15.7 Å². The van der Waals surface area contributed by atoms with Gasteiger partial charge >= 0.3 is 0 Å². The van der Waals surface area contributed by atoms with Crippen LogP contribution in [0.2, 0.25) is 0 Å². The van der Waals surface area contributed by atoms with E-state index in [1.54, 1.807) is 6.92 Å². The van der Waals surface area contributed by atoms with Crippen LogP contribution in [0.15, 0.2) is 34.1 Å². The van der Waals surface area contributed by atoms with Crippen LogP contribution in [-0.4, -0.2) is 39.1 Å². The number of aryl methyl sites for hydroxylation is 1. The minimum atomic E-state index is -3.88. The number of rotatable bonds is 5. The van der Waals surface area contributed by atoms with Gasteiger partial charge in [0.25, 0.3) is 16.0 Å².